The summed E-state index contributed by atoms with van der Waals surface area (Å²) in [6.07, 6.45) is 7.04. The van der Waals surface area contributed by atoms with E-state index in [9.17, 15) is 0 Å². The molecular weight excluding hydrogens is 212 g/mol. The van der Waals surface area contributed by atoms with Gasteiger partial charge in [0.1, 0.15) is 0 Å². The Morgan fingerprint density at radius 1 is 1.53 bits per heavy atom. The Balaban J connectivity index is 2.14. The molecule has 1 aromatic heterocycles. The maximum absolute atomic E-state index is 4.19. The molecule has 3 unspecified atom stereocenters. The van der Waals surface area contributed by atoms with Crippen molar-refractivity contribution in [1.29, 1.82) is 0 Å². The molecule has 1 aromatic rings. The molecule has 0 radical (unpaired) electrons. The maximum Gasteiger partial charge on any atom is 0.0759 e. The molecule has 1 aliphatic carbocycles. The number of hydrogen-bond acceptors (Lipinski definition) is 3. The first-order valence-corrected chi connectivity index (χ1v) is 6.81. The SMILES string of the molecule is CCCn1nncc1C(NC)C1CCC(C)C1. The molecule has 0 aromatic carbocycles. The zero-order chi connectivity index (χ0) is 12.3. The van der Waals surface area contributed by atoms with Crippen LogP contribution in [0.1, 0.15) is 51.3 Å². The monoisotopic (exact) mass is 236 g/mol. The van der Waals surface area contributed by atoms with E-state index in [0.29, 0.717) is 6.04 Å². The minimum atomic E-state index is 0.418. The molecule has 1 heterocycles. The van der Waals surface area contributed by atoms with Crippen molar-refractivity contribution in [2.24, 2.45) is 11.8 Å². The molecule has 2 rings (SSSR count). The number of aromatic nitrogens is 3. The van der Waals surface area contributed by atoms with Crippen LogP contribution in [0.2, 0.25) is 0 Å². The highest BCUT2D eigenvalue weighted by Crippen LogP contribution is 2.38. The first-order valence-electron chi connectivity index (χ1n) is 6.81. The van der Waals surface area contributed by atoms with Gasteiger partial charge >= 0.3 is 0 Å². The highest BCUT2D eigenvalue weighted by molar-refractivity contribution is 5.05. The quantitative estimate of drug-likeness (QED) is 0.853. The van der Waals surface area contributed by atoms with E-state index in [-0.39, 0.29) is 0 Å². The van der Waals surface area contributed by atoms with Crippen LogP contribution >= 0.6 is 0 Å². The van der Waals surface area contributed by atoms with Crippen molar-refractivity contribution >= 4 is 0 Å². The summed E-state index contributed by atoms with van der Waals surface area (Å²) in [6.45, 7) is 5.50. The van der Waals surface area contributed by atoms with E-state index in [0.717, 1.165) is 24.8 Å². The summed E-state index contributed by atoms with van der Waals surface area (Å²) in [5.41, 5.74) is 1.26. The van der Waals surface area contributed by atoms with E-state index in [2.05, 4.69) is 41.2 Å². The molecule has 3 atom stereocenters. The molecular formula is C13H24N4. The van der Waals surface area contributed by atoms with Gasteiger partial charge < -0.3 is 5.32 Å². The van der Waals surface area contributed by atoms with Crippen molar-refractivity contribution in [2.75, 3.05) is 7.05 Å². The van der Waals surface area contributed by atoms with Crippen molar-refractivity contribution in [1.82, 2.24) is 20.3 Å². The summed E-state index contributed by atoms with van der Waals surface area (Å²) >= 11 is 0. The molecule has 0 bridgehead atoms. The molecule has 0 amide bonds. The van der Waals surface area contributed by atoms with Gasteiger partial charge in [-0.2, -0.15) is 0 Å². The third kappa shape index (κ3) is 2.68. The predicted octanol–water partition coefficient (Wildman–Crippen LogP) is 2.38. The molecule has 17 heavy (non-hydrogen) atoms. The second kappa shape index (κ2) is 5.63. The Morgan fingerprint density at radius 3 is 2.94 bits per heavy atom. The van der Waals surface area contributed by atoms with Crippen molar-refractivity contribution in [3.05, 3.63) is 11.9 Å². The van der Waals surface area contributed by atoms with Gasteiger partial charge in [0.2, 0.25) is 0 Å². The molecule has 0 saturated heterocycles. The van der Waals surface area contributed by atoms with Crippen LogP contribution in [-0.2, 0) is 6.54 Å². The average molecular weight is 236 g/mol. The predicted molar refractivity (Wildman–Crippen MR) is 68.6 cm³/mol. The highest BCUT2D eigenvalue weighted by atomic mass is 15.4. The van der Waals surface area contributed by atoms with Crippen LogP contribution in [0.15, 0.2) is 6.20 Å². The van der Waals surface area contributed by atoms with Gasteiger partial charge in [0, 0.05) is 6.54 Å². The zero-order valence-corrected chi connectivity index (χ0v) is 11.2. The van der Waals surface area contributed by atoms with E-state index in [1.807, 2.05) is 6.20 Å². The minimum absolute atomic E-state index is 0.418. The van der Waals surface area contributed by atoms with Gasteiger partial charge in [0.25, 0.3) is 0 Å². The lowest BCUT2D eigenvalue weighted by Crippen LogP contribution is -2.26. The zero-order valence-electron chi connectivity index (χ0n) is 11.2. The van der Waals surface area contributed by atoms with E-state index >= 15 is 0 Å². The van der Waals surface area contributed by atoms with Gasteiger partial charge in [-0.05, 0) is 38.1 Å². The molecule has 0 aliphatic heterocycles. The summed E-state index contributed by atoms with van der Waals surface area (Å²) in [4.78, 5) is 0. The van der Waals surface area contributed by atoms with Crippen LogP contribution in [0.4, 0.5) is 0 Å². The van der Waals surface area contributed by atoms with E-state index < -0.39 is 0 Å². The molecule has 1 N–H and O–H groups in total. The Hall–Kier alpha value is -0.900. The normalized spacial score (nSPS) is 26.3. The third-order valence-electron chi connectivity index (χ3n) is 3.92. The van der Waals surface area contributed by atoms with Crippen LogP contribution < -0.4 is 5.32 Å². The molecule has 1 saturated carbocycles. The number of nitrogens with zero attached hydrogens (tertiary/aromatic N) is 3. The maximum atomic E-state index is 4.19. The molecule has 4 nitrogen and oxygen atoms in total. The Kier molecular flexibility index (Phi) is 4.15. The summed E-state index contributed by atoms with van der Waals surface area (Å²) in [7, 11) is 2.05. The van der Waals surface area contributed by atoms with Gasteiger partial charge in [0.15, 0.2) is 0 Å². The Morgan fingerprint density at radius 2 is 2.35 bits per heavy atom. The first-order chi connectivity index (χ1) is 8.26. The smallest absolute Gasteiger partial charge is 0.0759 e. The number of nitrogens with one attached hydrogen (secondary N) is 1. The van der Waals surface area contributed by atoms with Crippen LogP contribution in [0.5, 0.6) is 0 Å². The Labute approximate surface area is 104 Å². The number of rotatable bonds is 5. The van der Waals surface area contributed by atoms with Gasteiger partial charge in [0.05, 0.1) is 17.9 Å². The molecule has 1 aliphatic rings. The molecule has 0 spiro atoms. The summed E-state index contributed by atoms with van der Waals surface area (Å²) < 4.78 is 2.06. The molecule has 96 valence electrons. The Bertz CT molecular complexity index is 347. The van der Waals surface area contributed by atoms with Crippen molar-refractivity contribution in [3.63, 3.8) is 0 Å². The lowest BCUT2D eigenvalue weighted by atomic mass is 9.94. The summed E-state index contributed by atoms with van der Waals surface area (Å²) in [6, 6.07) is 0.418. The second-order valence-electron chi connectivity index (χ2n) is 5.33. The van der Waals surface area contributed by atoms with Crippen LogP contribution in [-0.4, -0.2) is 22.0 Å². The van der Waals surface area contributed by atoms with Gasteiger partial charge in [-0.15, -0.1) is 5.10 Å². The van der Waals surface area contributed by atoms with Gasteiger partial charge in [-0.1, -0.05) is 25.5 Å². The van der Waals surface area contributed by atoms with E-state index in [4.69, 9.17) is 0 Å². The average Bonchev–Trinajstić information content (AvgIpc) is 2.91. The summed E-state index contributed by atoms with van der Waals surface area (Å²) in [5.74, 6) is 1.61. The van der Waals surface area contributed by atoms with Gasteiger partial charge in [-0.3, -0.25) is 0 Å². The molecule has 4 heteroatoms. The topological polar surface area (TPSA) is 42.7 Å². The lowest BCUT2D eigenvalue weighted by Gasteiger charge is -2.23. The number of aryl methyl sites for hydroxylation is 1. The molecule has 1 fully saturated rings. The van der Waals surface area contributed by atoms with Crippen LogP contribution in [0.3, 0.4) is 0 Å². The van der Waals surface area contributed by atoms with E-state index in [1.54, 1.807) is 0 Å². The standard InChI is InChI=1S/C13H24N4/c1-4-7-17-12(9-15-16-17)13(14-3)11-6-5-10(2)8-11/h9-11,13-14H,4-8H2,1-3H3. The second-order valence-corrected chi connectivity index (χ2v) is 5.33. The highest BCUT2D eigenvalue weighted by Gasteiger charge is 2.30. The fourth-order valence-corrected chi connectivity index (χ4v) is 3.07. The fourth-order valence-electron chi connectivity index (χ4n) is 3.07. The summed E-state index contributed by atoms with van der Waals surface area (Å²) in [5, 5.41) is 11.7. The largest absolute Gasteiger partial charge is 0.311 e. The number of hydrogen-bond donors (Lipinski definition) is 1. The minimum Gasteiger partial charge on any atom is -0.311 e. The third-order valence-corrected chi connectivity index (χ3v) is 3.92. The van der Waals surface area contributed by atoms with E-state index in [1.165, 1.54) is 25.0 Å². The van der Waals surface area contributed by atoms with Crippen molar-refractivity contribution in [3.8, 4) is 0 Å². The first kappa shape index (κ1) is 12.6. The van der Waals surface area contributed by atoms with Gasteiger partial charge in [-0.25, -0.2) is 4.68 Å². The van der Waals surface area contributed by atoms with Crippen molar-refractivity contribution < 1.29 is 0 Å². The lowest BCUT2D eigenvalue weighted by molar-refractivity contribution is 0.354. The van der Waals surface area contributed by atoms with Crippen LogP contribution in [0.25, 0.3) is 0 Å². The van der Waals surface area contributed by atoms with Crippen LogP contribution in [0, 0.1) is 11.8 Å². The van der Waals surface area contributed by atoms with Crippen molar-refractivity contribution in [2.45, 2.75) is 52.1 Å². The fraction of sp³-hybridized carbons (Fsp3) is 0.846.